The molecule has 0 aliphatic heterocycles. The molecule has 1 aromatic carbocycles. The Labute approximate surface area is 186 Å². The Morgan fingerprint density at radius 2 is 2.03 bits per heavy atom. The molecule has 166 valence electrons. The van der Waals surface area contributed by atoms with Gasteiger partial charge in [0, 0.05) is 18.3 Å². The van der Waals surface area contributed by atoms with Crippen molar-refractivity contribution in [1.82, 2.24) is 0 Å². The van der Waals surface area contributed by atoms with E-state index in [0.717, 1.165) is 44.3 Å². The van der Waals surface area contributed by atoms with E-state index in [9.17, 15) is 9.90 Å². The van der Waals surface area contributed by atoms with E-state index in [2.05, 4.69) is 31.2 Å². The third kappa shape index (κ3) is 3.15. The highest BCUT2D eigenvalue weighted by Gasteiger charge is 2.63. The van der Waals surface area contributed by atoms with Crippen molar-refractivity contribution in [1.29, 1.82) is 0 Å². The Bertz CT molecular complexity index is 943. The highest BCUT2D eigenvalue weighted by molar-refractivity contribution is 5.82. The molecular weight excluding hydrogens is 384 g/mol. The van der Waals surface area contributed by atoms with Crippen LogP contribution >= 0.6 is 0 Å². The largest absolute Gasteiger partial charge is 0.497 e. The third-order valence-electron chi connectivity index (χ3n) is 9.38. The maximum Gasteiger partial charge on any atom is 0.137 e. The van der Waals surface area contributed by atoms with Crippen LogP contribution in [-0.4, -0.2) is 23.6 Å². The Morgan fingerprint density at radius 1 is 1.19 bits per heavy atom. The number of carbonyl (C=O) groups is 1. The number of benzene rings is 1. The Hall–Kier alpha value is -1.87. The molecule has 0 heterocycles. The van der Waals surface area contributed by atoms with E-state index in [1.165, 1.54) is 11.1 Å². The molecule has 3 nitrogen and oxygen atoms in total. The van der Waals surface area contributed by atoms with Gasteiger partial charge in [0.05, 0.1) is 12.7 Å². The summed E-state index contributed by atoms with van der Waals surface area (Å²) in [6, 6.07) is 8.58. The van der Waals surface area contributed by atoms with Crippen LogP contribution in [0, 0.1) is 23.2 Å². The van der Waals surface area contributed by atoms with Gasteiger partial charge in [0.2, 0.25) is 0 Å². The normalized spacial score (nSPS) is 39.9. The standard InChI is InChI=1S/C28H36O3/c1-4-13-28(30)14-12-25-23-10-8-19-15-20(29)9-11-22(19)26(23)24(17-27(25,28)2)18-6-5-7-21(16-18)31-3/h4-7,13,16,23-26,30H,8-12,14-15,17H2,1-3H3/b13-4+/t23-,24+,25-,26+,27-,28-/m0/s1. The van der Waals surface area contributed by atoms with Crippen molar-refractivity contribution in [3.63, 3.8) is 0 Å². The number of fused-ring (bicyclic) bond motifs is 4. The van der Waals surface area contributed by atoms with Crippen LogP contribution < -0.4 is 4.74 Å². The monoisotopic (exact) mass is 420 g/mol. The third-order valence-corrected chi connectivity index (χ3v) is 9.38. The highest BCUT2D eigenvalue weighted by Crippen LogP contribution is 2.67. The predicted octanol–water partition coefficient (Wildman–Crippen LogP) is 5.98. The average Bonchev–Trinajstić information content (AvgIpc) is 3.03. The molecule has 0 aromatic heterocycles. The van der Waals surface area contributed by atoms with Gasteiger partial charge in [-0.15, -0.1) is 0 Å². The lowest BCUT2D eigenvalue weighted by molar-refractivity contribution is -0.119. The summed E-state index contributed by atoms with van der Waals surface area (Å²) in [7, 11) is 1.73. The number of methoxy groups -OCH3 is 1. The summed E-state index contributed by atoms with van der Waals surface area (Å²) in [5, 5.41) is 11.8. The first-order valence-electron chi connectivity index (χ1n) is 12.1. The molecule has 2 saturated carbocycles. The Morgan fingerprint density at radius 3 is 2.81 bits per heavy atom. The number of ketones is 1. The molecule has 0 spiro atoms. The van der Waals surface area contributed by atoms with Gasteiger partial charge < -0.3 is 9.84 Å². The van der Waals surface area contributed by atoms with Crippen molar-refractivity contribution in [2.45, 2.75) is 76.7 Å². The van der Waals surface area contributed by atoms with E-state index >= 15 is 0 Å². The van der Waals surface area contributed by atoms with Gasteiger partial charge in [0.1, 0.15) is 11.5 Å². The van der Waals surface area contributed by atoms with E-state index in [1.807, 2.05) is 19.1 Å². The molecule has 0 saturated heterocycles. The first kappa shape index (κ1) is 21.0. The fourth-order valence-electron chi connectivity index (χ4n) is 7.96. The molecule has 4 aliphatic carbocycles. The van der Waals surface area contributed by atoms with Gasteiger partial charge in [-0.3, -0.25) is 4.79 Å². The minimum atomic E-state index is -0.730. The van der Waals surface area contributed by atoms with Crippen molar-refractivity contribution in [2.24, 2.45) is 23.2 Å². The van der Waals surface area contributed by atoms with E-state index in [-0.39, 0.29) is 5.41 Å². The summed E-state index contributed by atoms with van der Waals surface area (Å²) in [6.45, 7) is 4.37. The van der Waals surface area contributed by atoms with Crippen LogP contribution in [0.5, 0.6) is 5.75 Å². The number of ether oxygens (including phenoxy) is 1. The predicted molar refractivity (Wildman–Crippen MR) is 123 cm³/mol. The zero-order valence-electron chi connectivity index (χ0n) is 19.2. The first-order valence-corrected chi connectivity index (χ1v) is 12.1. The smallest absolute Gasteiger partial charge is 0.137 e. The molecule has 2 fully saturated rings. The minimum absolute atomic E-state index is 0.128. The summed E-state index contributed by atoms with van der Waals surface area (Å²) in [5.41, 5.74) is 3.50. The maximum atomic E-state index is 12.2. The second kappa shape index (κ2) is 7.62. The van der Waals surface area contributed by atoms with E-state index in [1.54, 1.807) is 12.7 Å². The second-order valence-corrected chi connectivity index (χ2v) is 10.6. The van der Waals surface area contributed by atoms with E-state index in [4.69, 9.17) is 4.74 Å². The SMILES string of the molecule is C/C=C/[C@]1(O)CC[C@H]2[C@@H]3CCC4=C(CCC(=O)C4)[C@H]3[C@@H](c3cccc(OC)c3)C[C@@]21C. The van der Waals surface area contributed by atoms with Crippen LogP contribution in [0.1, 0.15) is 76.7 Å². The summed E-state index contributed by atoms with van der Waals surface area (Å²) in [4.78, 5) is 12.2. The lowest BCUT2D eigenvalue weighted by Gasteiger charge is -2.57. The summed E-state index contributed by atoms with van der Waals surface area (Å²) >= 11 is 0. The molecule has 6 atom stereocenters. The fraction of sp³-hybridized carbons (Fsp3) is 0.607. The van der Waals surface area contributed by atoms with Gasteiger partial charge in [0.15, 0.2) is 0 Å². The van der Waals surface area contributed by atoms with Crippen molar-refractivity contribution in [3.8, 4) is 5.75 Å². The lowest BCUT2D eigenvalue weighted by Crippen LogP contribution is -2.53. The molecule has 1 N–H and O–H groups in total. The Balaban J connectivity index is 1.64. The van der Waals surface area contributed by atoms with Crippen molar-refractivity contribution >= 4 is 5.78 Å². The molecule has 4 aliphatic rings. The number of hydrogen-bond acceptors (Lipinski definition) is 3. The van der Waals surface area contributed by atoms with Crippen molar-refractivity contribution in [3.05, 3.63) is 53.1 Å². The van der Waals surface area contributed by atoms with Gasteiger partial charge in [-0.2, -0.15) is 0 Å². The maximum absolute atomic E-state index is 12.2. The van der Waals surface area contributed by atoms with Gasteiger partial charge in [0.25, 0.3) is 0 Å². The second-order valence-electron chi connectivity index (χ2n) is 10.6. The van der Waals surface area contributed by atoms with Gasteiger partial charge >= 0.3 is 0 Å². The van der Waals surface area contributed by atoms with Crippen LogP contribution in [-0.2, 0) is 4.79 Å². The number of carbonyl (C=O) groups excluding carboxylic acids is 1. The molecule has 5 rings (SSSR count). The first-order chi connectivity index (χ1) is 14.9. The topological polar surface area (TPSA) is 46.5 Å². The number of allylic oxidation sites excluding steroid dienone is 3. The van der Waals surface area contributed by atoms with E-state index < -0.39 is 5.60 Å². The van der Waals surface area contributed by atoms with Crippen LogP contribution in [0.4, 0.5) is 0 Å². The quantitative estimate of drug-likeness (QED) is 0.612. The van der Waals surface area contributed by atoms with E-state index in [0.29, 0.717) is 42.3 Å². The molecular formula is C28H36O3. The zero-order valence-corrected chi connectivity index (χ0v) is 19.2. The molecule has 0 unspecified atom stereocenters. The highest BCUT2D eigenvalue weighted by atomic mass is 16.5. The van der Waals surface area contributed by atoms with Crippen molar-refractivity contribution in [2.75, 3.05) is 7.11 Å². The molecule has 1 aromatic rings. The van der Waals surface area contributed by atoms with Gasteiger partial charge in [-0.1, -0.05) is 42.4 Å². The van der Waals surface area contributed by atoms with Crippen LogP contribution in [0.25, 0.3) is 0 Å². The zero-order chi connectivity index (χ0) is 21.8. The number of aliphatic hydroxyl groups is 1. The van der Waals surface area contributed by atoms with Gasteiger partial charge in [-0.25, -0.2) is 0 Å². The molecule has 0 radical (unpaired) electrons. The minimum Gasteiger partial charge on any atom is -0.497 e. The molecule has 3 heteroatoms. The number of rotatable bonds is 3. The molecule has 31 heavy (non-hydrogen) atoms. The molecule has 0 bridgehead atoms. The summed E-state index contributed by atoms with van der Waals surface area (Å²) in [6.07, 6.45) is 11.6. The fourth-order valence-corrected chi connectivity index (χ4v) is 7.96. The summed E-state index contributed by atoms with van der Waals surface area (Å²) in [5.74, 6) is 3.29. The summed E-state index contributed by atoms with van der Waals surface area (Å²) < 4.78 is 5.58. The average molecular weight is 421 g/mol. The Kier molecular flexibility index (Phi) is 5.16. The van der Waals surface area contributed by atoms with Crippen LogP contribution in [0.2, 0.25) is 0 Å². The molecule has 0 amide bonds. The number of hydrogen-bond donors (Lipinski definition) is 1. The van der Waals surface area contributed by atoms with Crippen molar-refractivity contribution < 1.29 is 14.6 Å². The van der Waals surface area contributed by atoms with Crippen LogP contribution in [0.3, 0.4) is 0 Å². The number of Topliss-reactive ketones (excluding diaryl/α,β-unsaturated/α-hetero) is 1. The van der Waals surface area contributed by atoms with Gasteiger partial charge in [-0.05, 0) is 86.8 Å². The lowest BCUT2D eigenvalue weighted by atomic mass is 9.48. The van der Waals surface area contributed by atoms with Crippen LogP contribution in [0.15, 0.2) is 47.6 Å².